The van der Waals surface area contributed by atoms with Crippen LogP contribution in [-0.4, -0.2) is 27.6 Å². The summed E-state index contributed by atoms with van der Waals surface area (Å²) in [6.07, 6.45) is 4.01. The zero-order valence-electron chi connectivity index (χ0n) is 24.7. The normalized spacial score (nSPS) is 11.2. The highest BCUT2D eigenvalue weighted by Crippen LogP contribution is 2.23. The number of carbonyl (C=O) groups excluding carboxylic acids is 2. The molecule has 1 N–H and O–H groups in total. The number of hydrazone groups is 1. The first-order valence-corrected chi connectivity index (χ1v) is 14.7. The summed E-state index contributed by atoms with van der Waals surface area (Å²) in [5, 5.41) is 14.8. The van der Waals surface area contributed by atoms with Gasteiger partial charge in [0.1, 0.15) is 23.9 Å². The minimum atomic E-state index is -0.674. The third kappa shape index (κ3) is 8.04. The number of hydrogen-bond acceptors (Lipinski definition) is 8. The lowest BCUT2D eigenvalue weighted by Gasteiger charge is -2.10. The molecule has 0 spiro atoms. The number of nitrogens with zero attached hydrogens (tertiary/aromatic N) is 3. The number of non-ortho nitro benzene ring substituents is 1. The molecule has 3 aromatic carbocycles. The number of nitro benzene ring substituents is 1. The van der Waals surface area contributed by atoms with Crippen molar-refractivity contribution in [2.24, 2.45) is 5.10 Å². The number of aromatic nitrogens is 1. The molecule has 0 bridgehead atoms. The van der Waals surface area contributed by atoms with E-state index >= 15 is 0 Å². The van der Waals surface area contributed by atoms with Gasteiger partial charge in [-0.05, 0) is 104 Å². The lowest BCUT2D eigenvalue weighted by molar-refractivity contribution is -0.384. The minimum Gasteiger partial charge on any atom is -0.486 e. The number of carbonyl (C=O) groups is 2. The quantitative estimate of drug-likeness (QED) is 0.0385. The monoisotopic (exact) mass is 682 g/mol. The number of amides is 1. The lowest BCUT2D eigenvalue weighted by atomic mass is 10.2. The summed E-state index contributed by atoms with van der Waals surface area (Å²) >= 11 is 3.37. The molecule has 0 unspecified atom stereocenters. The van der Waals surface area contributed by atoms with Crippen LogP contribution in [0.4, 0.5) is 5.69 Å². The van der Waals surface area contributed by atoms with Gasteiger partial charge < -0.3 is 18.5 Å². The Kier molecular flexibility index (Phi) is 9.88. The molecule has 11 nitrogen and oxygen atoms in total. The number of furan rings is 1. The second-order valence-corrected chi connectivity index (χ2v) is 10.9. The Labute approximate surface area is 272 Å². The van der Waals surface area contributed by atoms with Crippen LogP contribution in [0, 0.1) is 24.0 Å². The molecule has 5 aromatic rings. The molecule has 2 aromatic heterocycles. The van der Waals surface area contributed by atoms with Crippen LogP contribution in [0.15, 0.2) is 111 Å². The van der Waals surface area contributed by atoms with Crippen molar-refractivity contribution >= 4 is 45.8 Å². The van der Waals surface area contributed by atoms with Crippen molar-refractivity contribution in [3.8, 4) is 17.2 Å². The van der Waals surface area contributed by atoms with E-state index in [1.807, 2.05) is 24.3 Å². The van der Waals surface area contributed by atoms with Gasteiger partial charge in [0.2, 0.25) is 0 Å². The summed E-state index contributed by atoms with van der Waals surface area (Å²) in [7, 11) is 0. The van der Waals surface area contributed by atoms with Gasteiger partial charge in [0.15, 0.2) is 5.76 Å². The largest absolute Gasteiger partial charge is 0.486 e. The molecule has 2 heterocycles. The summed E-state index contributed by atoms with van der Waals surface area (Å²) in [5.41, 5.74) is 6.66. The van der Waals surface area contributed by atoms with Crippen LogP contribution in [0.25, 0.3) is 11.8 Å². The van der Waals surface area contributed by atoms with Gasteiger partial charge >= 0.3 is 11.9 Å². The topological polar surface area (TPSA) is 138 Å². The number of ether oxygens (including phenoxy) is 2. The number of nitrogens with one attached hydrogen (secondary N) is 1. The van der Waals surface area contributed by atoms with Gasteiger partial charge in [0, 0.05) is 45.3 Å². The molecular weight excluding hydrogens is 656 g/mol. The number of rotatable bonds is 11. The minimum absolute atomic E-state index is 0.0435. The van der Waals surface area contributed by atoms with Crippen LogP contribution in [0.5, 0.6) is 11.5 Å². The molecule has 46 heavy (non-hydrogen) atoms. The highest BCUT2D eigenvalue weighted by molar-refractivity contribution is 9.10. The molecule has 1 amide bonds. The lowest BCUT2D eigenvalue weighted by Crippen LogP contribution is -2.17. The Morgan fingerprint density at radius 3 is 2.39 bits per heavy atom. The number of hydrogen-bond donors (Lipinski definition) is 1. The van der Waals surface area contributed by atoms with Crippen LogP contribution >= 0.6 is 15.9 Å². The van der Waals surface area contributed by atoms with E-state index in [0.29, 0.717) is 27.1 Å². The molecule has 0 aliphatic rings. The van der Waals surface area contributed by atoms with Crippen LogP contribution in [0.2, 0.25) is 0 Å². The summed E-state index contributed by atoms with van der Waals surface area (Å²) < 4.78 is 19.7. The molecular formula is C34H27BrN4O7. The molecule has 5 rings (SSSR count). The highest BCUT2D eigenvalue weighted by atomic mass is 79.9. The number of nitro groups is 1. The van der Waals surface area contributed by atoms with Crippen molar-refractivity contribution in [2.75, 3.05) is 0 Å². The third-order valence-corrected chi connectivity index (χ3v) is 7.19. The molecule has 0 radical (unpaired) electrons. The smallest absolute Gasteiger partial charge is 0.336 e. The van der Waals surface area contributed by atoms with E-state index < -0.39 is 16.8 Å². The highest BCUT2D eigenvalue weighted by Gasteiger charge is 2.12. The summed E-state index contributed by atoms with van der Waals surface area (Å²) in [6, 6.07) is 25.6. The molecule has 0 aliphatic carbocycles. The van der Waals surface area contributed by atoms with E-state index in [1.165, 1.54) is 48.7 Å². The Hall–Kier alpha value is -5.75. The van der Waals surface area contributed by atoms with Crippen molar-refractivity contribution in [1.82, 2.24) is 9.99 Å². The first kappa shape index (κ1) is 31.7. The molecule has 0 saturated heterocycles. The average molecular weight is 684 g/mol. The van der Waals surface area contributed by atoms with Gasteiger partial charge in [-0.1, -0.05) is 15.9 Å². The van der Waals surface area contributed by atoms with Gasteiger partial charge in [-0.2, -0.15) is 5.10 Å². The fraction of sp³-hybridized carbons (Fsp3) is 0.0882. The molecule has 0 atom stereocenters. The van der Waals surface area contributed by atoms with Gasteiger partial charge in [-0.3, -0.25) is 14.9 Å². The van der Waals surface area contributed by atoms with Crippen LogP contribution in [0.1, 0.15) is 38.8 Å². The van der Waals surface area contributed by atoms with Crippen molar-refractivity contribution in [3.63, 3.8) is 0 Å². The first-order valence-electron chi connectivity index (χ1n) is 13.9. The standard InChI is InChI=1S/C34H27BrN4O7/c1-22-3-4-23(2)38(22)27-11-13-29(14-12-27)44-21-30-15-17-32(45-30)34(41)37-36-20-25-19-26(35)8-16-31(25)46-33(40)18-7-24-5-9-28(10-6-24)39(42)43/h3-20H,21H2,1-2H3,(H,37,41)/b18-7+,36-20-. The maximum Gasteiger partial charge on any atom is 0.336 e. The number of halogens is 1. The summed E-state index contributed by atoms with van der Waals surface area (Å²) in [4.78, 5) is 35.4. The molecule has 12 heteroatoms. The Balaban J connectivity index is 1.15. The van der Waals surface area contributed by atoms with E-state index in [1.54, 1.807) is 24.3 Å². The van der Waals surface area contributed by atoms with Crippen LogP contribution < -0.4 is 14.9 Å². The van der Waals surface area contributed by atoms with Gasteiger partial charge in [0.25, 0.3) is 5.69 Å². The van der Waals surface area contributed by atoms with Crippen LogP contribution in [-0.2, 0) is 11.4 Å². The predicted molar refractivity (Wildman–Crippen MR) is 175 cm³/mol. The fourth-order valence-corrected chi connectivity index (χ4v) is 4.82. The predicted octanol–water partition coefficient (Wildman–Crippen LogP) is 7.32. The Morgan fingerprint density at radius 1 is 0.978 bits per heavy atom. The Morgan fingerprint density at radius 2 is 1.70 bits per heavy atom. The average Bonchev–Trinajstić information content (AvgIpc) is 3.66. The second-order valence-electron chi connectivity index (χ2n) is 9.98. The van der Waals surface area contributed by atoms with Crippen LogP contribution in [0.3, 0.4) is 0 Å². The number of benzene rings is 3. The van der Waals surface area contributed by atoms with E-state index in [-0.39, 0.29) is 23.8 Å². The second kappa shape index (κ2) is 14.4. The molecule has 0 aliphatic heterocycles. The van der Waals surface area contributed by atoms with E-state index in [2.05, 4.69) is 57.0 Å². The third-order valence-electron chi connectivity index (χ3n) is 6.70. The zero-order chi connectivity index (χ0) is 32.6. The first-order chi connectivity index (χ1) is 22.2. The van der Waals surface area contributed by atoms with E-state index in [0.717, 1.165) is 17.1 Å². The maximum absolute atomic E-state index is 12.6. The van der Waals surface area contributed by atoms with E-state index in [4.69, 9.17) is 13.9 Å². The number of aryl methyl sites for hydroxylation is 2. The zero-order valence-corrected chi connectivity index (χ0v) is 26.3. The molecule has 232 valence electrons. The SMILES string of the molecule is Cc1ccc(C)n1-c1ccc(OCc2ccc(C(=O)N/N=C\c3cc(Br)ccc3OC(=O)/C=C/c3ccc([N+](=O)[O-])cc3)o2)cc1. The maximum atomic E-state index is 12.6. The van der Waals surface area contributed by atoms with Gasteiger partial charge in [0.05, 0.1) is 11.1 Å². The molecule has 0 saturated carbocycles. The van der Waals surface area contributed by atoms with E-state index in [9.17, 15) is 19.7 Å². The van der Waals surface area contributed by atoms with Gasteiger partial charge in [-0.15, -0.1) is 0 Å². The Bertz CT molecular complexity index is 1920. The van der Waals surface area contributed by atoms with Crippen molar-refractivity contribution in [3.05, 3.63) is 146 Å². The van der Waals surface area contributed by atoms with Crippen molar-refractivity contribution in [1.29, 1.82) is 0 Å². The van der Waals surface area contributed by atoms with Crippen molar-refractivity contribution < 1.29 is 28.4 Å². The number of esters is 1. The molecule has 0 fully saturated rings. The summed E-state index contributed by atoms with van der Waals surface area (Å²) in [5.74, 6) is 0.102. The summed E-state index contributed by atoms with van der Waals surface area (Å²) in [6.45, 7) is 4.23. The van der Waals surface area contributed by atoms with Crippen molar-refractivity contribution in [2.45, 2.75) is 20.5 Å². The van der Waals surface area contributed by atoms with Gasteiger partial charge in [-0.25, -0.2) is 10.2 Å². The fourth-order valence-electron chi connectivity index (χ4n) is 4.44.